The van der Waals surface area contributed by atoms with Crippen molar-refractivity contribution in [2.45, 2.75) is 19.8 Å². The first-order chi connectivity index (χ1) is 8.65. The Balaban J connectivity index is 2.11. The summed E-state index contributed by atoms with van der Waals surface area (Å²) in [4.78, 5) is 0. The molecule has 0 saturated heterocycles. The minimum atomic E-state index is 0.595. The van der Waals surface area contributed by atoms with E-state index >= 15 is 0 Å². The summed E-state index contributed by atoms with van der Waals surface area (Å²) in [6, 6.07) is 13.0. The van der Waals surface area contributed by atoms with Gasteiger partial charge in [-0.05, 0) is 22.6 Å². The number of hydrogen-bond donors (Lipinski definition) is 0. The second kappa shape index (κ2) is 5.63. The van der Waals surface area contributed by atoms with E-state index in [1.54, 1.807) is 0 Å². The highest BCUT2D eigenvalue weighted by Crippen LogP contribution is 2.15. The second-order valence-corrected chi connectivity index (χ2v) is 4.95. The number of aromatic nitrogens is 1. The van der Waals surface area contributed by atoms with Crippen LogP contribution in [0.15, 0.2) is 48.8 Å². The Bertz CT molecular complexity index is 519. The second-order valence-electron chi connectivity index (χ2n) is 4.95. The molecule has 1 nitrogen and oxygen atoms in total. The lowest BCUT2D eigenvalue weighted by molar-refractivity contribution is -0.671. The van der Waals surface area contributed by atoms with Crippen molar-refractivity contribution >= 4 is 12.2 Å². The molecule has 2 rings (SSSR count). The van der Waals surface area contributed by atoms with Crippen LogP contribution in [-0.4, -0.2) is 0 Å². The molecule has 1 heteroatoms. The van der Waals surface area contributed by atoms with Crippen LogP contribution in [0, 0.1) is 0 Å². The van der Waals surface area contributed by atoms with E-state index in [9.17, 15) is 0 Å². The summed E-state index contributed by atoms with van der Waals surface area (Å²) < 4.78 is 2.04. The molecular weight excluding hydrogens is 218 g/mol. The molecule has 0 aliphatic rings. The van der Waals surface area contributed by atoms with Crippen LogP contribution in [0.25, 0.3) is 12.2 Å². The summed E-state index contributed by atoms with van der Waals surface area (Å²) in [6.07, 6.45) is 8.41. The molecule has 0 saturated carbocycles. The lowest BCUT2D eigenvalue weighted by Crippen LogP contribution is -2.25. The fraction of sp³-hybridized carbons (Fsp3) is 0.235. The van der Waals surface area contributed by atoms with Crippen LogP contribution in [-0.2, 0) is 7.05 Å². The first kappa shape index (κ1) is 12.6. The van der Waals surface area contributed by atoms with Gasteiger partial charge in [0.25, 0.3) is 0 Å². The third-order valence-electron chi connectivity index (χ3n) is 3.08. The molecule has 1 aromatic carbocycles. The SMILES string of the molecule is CC(C)c1ccc(/C=C/c2cc[n+](C)cc2)cc1. The van der Waals surface area contributed by atoms with Crippen LogP contribution < -0.4 is 4.57 Å². The fourth-order valence-electron chi connectivity index (χ4n) is 1.81. The van der Waals surface area contributed by atoms with Crippen LogP contribution >= 0.6 is 0 Å². The Morgan fingerprint density at radius 3 is 1.83 bits per heavy atom. The Hall–Kier alpha value is -1.89. The molecule has 0 amide bonds. The number of pyridine rings is 1. The van der Waals surface area contributed by atoms with Gasteiger partial charge in [-0.3, -0.25) is 0 Å². The zero-order valence-corrected chi connectivity index (χ0v) is 11.3. The van der Waals surface area contributed by atoms with Crippen LogP contribution in [0.3, 0.4) is 0 Å². The van der Waals surface area contributed by atoms with Gasteiger partial charge in [0.1, 0.15) is 7.05 Å². The molecule has 0 spiro atoms. The molecule has 1 aromatic heterocycles. The van der Waals surface area contributed by atoms with Crippen molar-refractivity contribution in [1.82, 2.24) is 0 Å². The predicted molar refractivity (Wildman–Crippen MR) is 77.1 cm³/mol. The van der Waals surface area contributed by atoms with Crippen molar-refractivity contribution < 1.29 is 4.57 Å². The van der Waals surface area contributed by atoms with Crippen molar-refractivity contribution in [3.63, 3.8) is 0 Å². The summed E-state index contributed by atoms with van der Waals surface area (Å²) in [7, 11) is 2.03. The third kappa shape index (κ3) is 3.30. The van der Waals surface area contributed by atoms with Crippen molar-refractivity contribution in [2.24, 2.45) is 7.05 Å². The molecule has 0 aliphatic carbocycles. The van der Waals surface area contributed by atoms with Gasteiger partial charge in [0.05, 0.1) is 0 Å². The first-order valence-electron chi connectivity index (χ1n) is 6.38. The number of aryl methyl sites for hydroxylation is 1. The molecule has 0 aliphatic heterocycles. The zero-order chi connectivity index (χ0) is 13.0. The number of nitrogens with zero attached hydrogens (tertiary/aromatic N) is 1. The highest BCUT2D eigenvalue weighted by Gasteiger charge is 1.97. The molecule has 2 aromatic rings. The molecule has 0 unspecified atom stereocenters. The van der Waals surface area contributed by atoms with Gasteiger partial charge in [0, 0.05) is 12.1 Å². The van der Waals surface area contributed by atoms with Crippen molar-refractivity contribution in [3.8, 4) is 0 Å². The Kier molecular flexibility index (Phi) is 3.93. The van der Waals surface area contributed by atoms with Crippen molar-refractivity contribution in [1.29, 1.82) is 0 Å². The number of benzene rings is 1. The lowest BCUT2D eigenvalue weighted by Gasteiger charge is -2.04. The summed E-state index contributed by atoms with van der Waals surface area (Å²) in [5.74, 6) is 0.595. The standard InChI is InChI=1S/C17H20N/c1-14(2)17-8-6-15(7-9-17)4-5-16-10-12-18(3)13-11-16/h4-14H,1-3H3/q+1/b5-4+. The van der Waals surface area contributed by atoms with E-state index in [0.717, 1.165) is 0 Å². The number of rotatable bonds is 3. The minimum Gasteiger partial charge on any atom is -0.208 e. The van der Waals surface area contributed by atoms with Crippen LogP contribution in [0.4, 0.5) is 0 Å². The van der Waals surface area contributed by atoms with E-state index in [1.165, 1.54) is 16.7 Å². The van der Waals surface area contributed by atoms with E-state index in [2.05, 4.69) is 74.8 Å². The van der Waals surface area contributed by atoms with Gasteiger partial charge in [-0.15, -0.1) is 0 Å². The molecule has 0 atom stereocenters. The average Bonchev–Trinajstić information content (AvgIpc) is 2.38. The Morgan fingerprint density at radius 1 is 0.833 bits per heavy atom. The fourth-order valence-corrected chi connectivity index (χ4v) is 1.81. The van der Waals surface area contributed by atoms with E-state index in [4.69, 9.17) is 0 Å². The Labute approximate surface area is 109 Å². The molecule has 0 fully saturated rings. The minimum absolute atomic E-state index is 0.595. The monoisotopic (exact) mass is 238 g/mol. The van der Waals surface area contributed by atoms with Crippen LogP contribution in [0.1, 0.15) is 36.5 Å². The summed E-state index contributed by atoms with van der Waals surface area (Å²) >= 11 is 0. The molecule has 1 heterocycles. The van der Waals surface area contributed by atoms with Crippen molar-refractivity contribution in [2.75, 3.05) is 0 Å². The van der Waals surface area contributed by atoms with Gasteiger partial charge < -0.3 is 0 Å². The smallest absolute Gasteiger partial charge is 0.169 e. The Morgan fingerprint density at radius 2 is 1.33 bits per heavy atom. The van der Waals surface area contributed by atoms with Gasteiger partial charge in [-0.25, -0.2) is 4.57 Å². The maximum Gasteiger partial charge on any atom is 0.169 e. The van der Waals surface area contributed by atoms with E-state index in [1.807, 2.05) is 11.6 Å². The zero-order valence-electron chi connectivity index (χ0n) is 11.3. The van der Waals surface area contributed by atoms with Crippen molar-refractivity contribution in [3.05, 3.63) is 65.5 Å². The quantitative estimate of drug-likeness (QED) is 0.716. The largest absolute Gasteiger partial charge is 0.208 e. The maximum atomic E-state index is 2.22. The maximum absolute atomic E-state index is 2.22. The molecule has 0 N–H and O–H groups in total. The van der Waals surface area contributed by atoms with Gasteiger partial charge >= 0.3 is 0 Å². The number of hydrogen-bond acceptors (Lipinski definition) is 0. The summed E-state index contributed by atoms with van der Waals surface area (Å²) in [5, 5.41) is 0. The first-order valence-corrected chi connectivity index (χ1v) is 6.38. The summed E-state index contributed by atoms with van der Waals surface area (Å²) in [6.45, 7) is 4.43. The predicted octanol–water partition coefficient (Wildman–Crippen LogP) is 3.80. The topological polar surface area (TPSA) is 3.88 Å². The molecule has 0 radical (unpaired) electrons. The normalized spacial score (nSPS) is 11.3. The average molecular weight is 238 g/mol. The van der Waals surface area contributed by atoms with Crippen LogP contribution in [0.2, 0.25) is 0 Å². The molecule has 92 valence electrons. The summed E-state index contributed by atoms with van der Waals surface area (Å²) in [5.41, 5.74) is 3.85. The van der Waals surface area contributed by atoms with Crippen LogP contribution in [0.5, 0.6) is 0 Å². The third-order valence-corrected chi connectivity index (χ3v) is 3.08. The molecular formula is C17H20N+. The van der Waals surface area contributed by atoms with Gasteiger partial charge in [-0.2, -0.15) is 0 Å². The molecule has 0 bridgehead atoms. The highest BCUT2D eigenvalue weighted by atomic mass is 14.9. The van der Waals surface area contributed by atoms with E-state index in [-0.39, 0.29) is 0 Å². The van der Waals surface area contributed by atoms with E-state index < -0.39 is 0 Å². The highest BCUT2D eigenvalue weighted by molar-refractivity contribution is 5.69. The van der Waals surface area contributed by atoms with E-state index in [0.29, 0.717) is 5.92 Å². The van der Waals surface area contributed by atoms with Gasteiger partial charge in [0.2, 0.25) is 0 Å². The van der Waals surface area contributed by atoms with Gasteiger partial charge in [0.15, 0.2) is 12.4 Å². The van der Waals surface area contributed by atoms with Gasteiger partial charge in [-0.1, -0.05) is 50.3 Å². The molecule has 18 heavy (non-hydrogen) atoms. The lowest BCUT2D eigenvalue weighted by atomic mass is 10.0.